The number of esters is 1. The summed E-state index contributed by atoms with van der Waals surface area (Å²) in [6, 6.07) is 13.6. The predicted octanol–water partition coefficient (Wildman–Crippen LogP) is 3.96. The van der Waals surface area contributed by atoms with Crippen molar-refractivity contribution in [2.45, 2.75) is 6.92 Å². The number of aromatic hydroxyl groups is 1. The normalized spacial score (nSPS) is 11.5. The summed E-state index contributed by atoms with van der Waals surface area (Å²) >= 11 is 0. The van der Waals surface area contributed by atoms with E-state index < -0.39 is 5.97 Å². The molecule has 0 radical (unpaired) electrons. The molecule has 0 aliphatic heterocycles. The summed E-state index contributed by atoms with van der Waals surface area (Å²) in [5, 5.41) is 19.2. The Balaban J connectivity index is 2.62. The van der Waals surface area contributed by atoms with Crippen LogP contribution in [0.2, 0.25) is 0 Å². The second-order valence-corrected chi connectivity index (χ2v) is 5.62. The number of allylic oxidation sites excluding steroid dienone is 2. The number of methoxy groups -OCH3 is 2. The molecule has 0 aliphatic rings. The lowest BCUT2D eigenvalue weighted by Gasteiger charge is -2.12. The Hall–Kier alpha value is -3.72. The van der Waals surface area contributed by atoms with E-state index in [0.29, 0.717) is 28.2 Å². The van der Waals surface area contributed by atoms with Crippen molar-refractivity contribution in [3.63, 3.8) is 0 Å². The molecule has 0 saturated carbocycles. The Kier molecular flexibility index (Phi) is 7.23. The highest BCUT2D eigenvalue weighted by molar-refractivity contribution is 6.04. The number of phenols is 1. The minimum Gasteiger partial charge on any atom is -0.508 e. The number of carbonyl (C=O) groups is 1. The molecular weight excluding hydrogens is 358 g/mol. The fraction of sp³-hybridized carbons (Fsp3) is 0.182. The number of hydrogen-bond donors (Lipinski definition) is 1. The van der Waals surface area contributed by atoms with Gasteiger partial charge in [-0.05, 0) is 42.3 Å². The van der Waals surface area contributed by atoms with Crippen molar-refractivity contribution >= 4 is 17.6 Å². The fourth-order valence-electron chi connectivity index (χ4n) is 2.55. The van der Waals surface area contributed by atoms with Gasteiger partial charge in [0.1, 0.15) is 17.4 Å². The molecule has 0 aromatic heterocycles. The molecular formula is C22H21NO5. The summed E-state index contributed by atoms with van der Waals surface area (Å²) in [7, 11) is 3.03. The molecule has 0 bridgehead atoms. The number of rotatable bonds is 7. The first-order valence-corrected chi connectivity index (χ1v) is 8.55. The summed E-state index contributed by atoms with van der Waals surface area (Å²) in [6.45, 7) is 1.82. The number of hydrogen-bond acceptors (Lipinski definition) is 6. The van der Waals surface area contributed by atoms with Gasteiger partial charge in [-0.3, -0.25) is 0 Å². The van der Waals surface area contributed by atoms with E-state index in [2.05, 4.69) is 0 Å². The molecule has 2 aromatic rings. The molecule has 6 heteroatoms. The molecule has 0 spiro atoms. The first kappa shape index (κ1) is 20.6. The first-order valence-electron chi connectivity index (χ1n) is 8.55. The molecule has 0 aliphatic carbocycles. The maximum Gasteiger partial charge on any atom is 0.349 e. The van der Waals surface area contributed by atoms with E-state index in [1.54, 1.807) is 61.5 Å². The summed E-state index contributed by atoms with van der Waals surface area (Å²) in [5.74, 6) is 0.390. The van der Waals surface area contributed by atoms with Gasteiger partial charge in [-0.2, -0.15) is 5.26 Å². The van der Waals surface area contributed by atoms with Gasteiger partial charge in [-0.15, -0.1) is 0 Å². The van der Waals surface area contributed by atoms with Crippen LogP contribution in [0.1, 0.15) is 18.1 Å². The Morgan fingerprint density at radius 3 is 2.50 bits per heavy atom. The van der Waals surface area contributed by atoms with Crippen LogP contribution in [0.3, 0.4) is 0 Å². The van der Waals surface area contributed by atoms with Crippen LogP contribution >= 0.6 is 0 Å². The number of phenolic OH excluding ortho intramolecular Hbond substituents is 1. The molecule has 2 aromatic carbocycles. The van der Waals surface area contributed by atoms with E-state index in [1.807, 2.05) is 6.07 Å². The van der Waals surface area contributed by atoms with Crippen LogP contribution in [-0.4, -0.2) is 31.9 Å². The number of nitriles is 1. The highest BCUT2D eigenvalue weighted by Gasteiger charge is 2.18. The van der Waals surface area contributed by atoms with E-state index in [0.717, 1.165) is 0 Å². The van der Waals surface area contributed by atoms with Crippen LogP contribution in [0.15, 0.2) is 54.1 Å². The quantitative estimate of drug-likeness (QED) is 0.339. The fourth-order valence-corrected chi connectivity index (χ4v) is 2.55. The van der Waals surface area contributed by atoms with Crippen molar-refractivity contribution in [2.75, 3.05) is 20.8 Å². The Morgan fingerprint density at radius 1 is 1.14 bits per heavy atom. The van der Waals surface area contributed by atoms with Gasteiger partial charge in [0, 0.05) is 5.57 Å². The van der Waals surface area contributed by atoms with E-state index in [1.165, 1.54) is 14.2 Å². The van der Waals surface area contributed by atoms with Crippen LogP contribution in [0.25, 0.3) is 11.6 Å². The number of ether oxygens (including phenoxy) is 3. The zero-order valence-electron chi connectivity index (χ0n) is 15.9. The first-order chi connectivity index (χ1) is 13.5. The van der Waals surface area contributed by atoms with Crippen LogP contribution in [-0.2, 0) is 9.53 Å². The monoisotopic (exact) mass is 379 g/mol. The topological polar surface area (TPSA) is 88.8 Å². The lowest BCUT2D eigenvalue weighted by Crippen LogP contribution is -2.08. The van der Waals surface area contributed by atoms with Crippen molar-refractivity contribution in [3.05, 3.63) is 65.2 Å². The third-order valence-electron chi connectivity index (χ3n) is 3.87. The second-order valence-electron chi connectivity index (χ2n) is 5.62. The van der Waals surface area contributed by atoms with Gasteiger partial charge in [0.05, 0.1) is 20.8 Å². The minimum absolute atomic E-state index is 0.115. The number of nitrogens with zero attached hydrogens (tertiary/aromatic N) is 1. The summed E-state index contributed by atoms with van der Waals surface area (Å²) < 4.78 is 15.6. The minimum atomic E-state index is -0.713. The predicted molar refractivity (Wildman–Crippen MR) is 106 cm³/mol. The molecule has 2 rings (SSSR count). The zero-order valence-corrected chi connectivity index (χ0v) is 15.9. The molecule has 6 nitrogen and oxygen atoms in total. The van der Waals surface area contributed by atoms with Crippen molar-refractivity contribution in [1.82, 2.24) is 0 Å². The summed E-state index contributed by atoms with van der Waals surface area (Å²) in [5.41, 5.74) is 1.52. The Bertz CT molecular complexity index is 954. The van der Waals surface area contributed by atoms with Crippen molar-refractivity contribution < 1.29 is 24.1 Å². The molecule has 0 unspecified atom stereocenters. The van der Waals surface area contributed by atoms with E-state index in [9.17, 15) is 15.2 Å². The van der Waals surface area contributed by atoms with Gasteiger partial charge in [0.25, 0.3) is 0 Å². The van der Waals surface area contributed by atoms with Gasteiger partial charge < -0.3 is 19.3 Å². The van der Waals surface area contributed by atoms with Crippen LogP contribution in [0.4, 0.5) is 0 Å². The van der Waals surface area contributed by atoms with Gasteiger partial charge in [0.15, 0.2) is 11.5 Å². The molecule has 28 heavy (non-hydrogen) atoms. The highest BCUT2D eigenvalue weighted by atomic mass is 16.5. The third kappa shape index (κ3) is 4.92. The molecule has 144 valence electrons. The second kappa shape index (κ2) is 9.83. The van der Waals surface area contributed by atoms with E-state index in [-0.39, 0.29) is 17.9 Å². The molecule has 0 amide bonds. The lowest BCUT2D eigenvalue weighted by molar-refractivity contribution is -0.137. The highest BCUT2D eigenvalue weighted by Crippen LogP contribution is 2.32. The molecule has 1 N–H and O–H groups in total. The summed E-state index contributed by atoms with van der Waals surface area (Å²) in [4.78, 5) is 12.3. The van der Waals surface area contributed by atoms with Gasteiger partial charge in [-0.25, -0.2) is 4.79 Å². The smallest absolute Gasteiger partial charge is 0.349 e. The van der Waals surface area contributed by atoms with E-state index >= 15 is 0 Å². The maximum atomic E-state index is 12.3. The molecule has 0 heterocycles. The van der Waals surface area contributed by atoms with Crippen LogP contribution in [0.5, 0.6) is 17.2 Å². The van der Waals surface area contributed by atoms with Gasteiger partial charge in [-0.1, -0.05) is 30.4 Å². The van der Waals surface area contributed by atoms with Crippen molar-refractivity contribution in [2.24, 2.45) is 0 Å². The zero-order chi connectivity index (χ0) is 20.5. The molecule has 0 fully saturated rings. The third-order valence-corrected chi connectivity index (χ3v) is 3.87. The maximum absolute atomic E-state index is 12.3. The molecule has 0 atom stereocenters. The van der Waals surface area contributed by atoms with Crippen molar-refractivity contribution in [1.29, 1.82) is 5.26 Å². The van der Waals surface area contributed by atoms with Crippen molar-refractivity contribution in [3.8, 4) is 23.3 Å². The average Bonchev–Trinajstić information content (AvgIpc) is 2.70. The largest absolute Gasteiger partial charge is 0.508 e. The summed E-state index contributed by atoms with van der Waals surface area (Å²) in [6.07, 6.45) is 3.33. The molecule has 0 saturated heterocycles. The van der Waals surface area contributed by atoms with E-state index in [4.69, 9.17) is 14.2 Å². The SMILES string of the molecule is CCOC(=O)C(C#N)=C(C=Cc1cccc(O)c1)c1ccc(OC)c(OC)c1. The average molecular weight is 379 g/mol. The van der Waals surface area contributed by atoms with Gasteiger partial charge in [0.2, 0.25) is 0 Å². The Morgan fingerprint density at radius 2 is 1.89 bits per heavy atom. The number of benzene rings is 2. The van der Waals surface area contributed by atoms with Gasteiger partial charge >= 0.3 is 5.97 Å². The van der Waals surface area contributed by atoms with Crippen LogP contribution < -0.4 is 9.47 Å². The lowest BCUT2D eigenvalue weighted by atomic mass is 9.98. The standard InChI is InChI=1S/C22H21NO5/c1-4-28-22(25)19(14-23)18(10-8-15-6-5-7-17(24)12-15)16-9-11-20(26-2)21(13-16)27-3/h5-13,24H,4H2,1-3H3. The number of carbonyl (C=O) groups excluding carboxylic acids is 1. The Labute approximate surface area is 163 Å². The van der Waals surface area contributed by atoms with Crippen LogP contribution in [0, 0.1) is 11.3 Å².